The van der Waals surface area contributed by atoms with Gasteiger partial charge >= 0.3 is 0 Å². The monoisotopic (exact) mass is 636 g/mol. The first-order valence-electron chi connectivity index (χ1n) is 16.2. The van der Waals surface area contributed by atoms with Gasteiger partial charge in [0.2, 0.25) is 0 Å². The van der Waals surface area contributed by atoms with Crippen LogP contribution in [0, 0.1) is 0 Å². The number of hydrogen-bond acceptors (Lipinski definition) is 2. The predicted molar refractivity (Wildman–Crippen MR) is 201 cm³/mol. The molecule has 0 aliphatic rings. The molecular formula is C44H33N2OP. The maximum atomic E-state index is 16.1. The van der Waals surface area contributed by atoms with Crippen LogP contribution in [0.4, 0.5) is 0 Å². The normalized spacial score (nSPS) is 11.5. The molecule has 8 aromatic rings. The molecule has 0 fully saturated rings. The van der Waals surface area contributed by atoms with Crippen LogP contribution in [0.3, 0.4) is 0 Å². The van der Waals surface area contributed by atoms with Crippen LogP contribution in [0.2, 0.25) is 0 Å². The van der Waals surface area contributed by atoms with Crippen LogP contribution in [-0.2, 0) is 11.1 Å². The largest absolute Gasteiger partial charge is 0.319 e. The Morgan fingerprint density at radius 2 is 1.00 bits per heavy atom. The third-order valence-electron chi connectivity index (χ3n) is 8.96. The molecule has 4 heteroatoms. The first kappa shape index (κ1) is 29.6. The molecule has 0 N–H and O–H groups in total. The molecule has 3 nitrogen and oxygen atoms in total. The fraction of sp³-hybridized carbons (Fsp3) is 0.0227. The highest BCUT2D eigenvalue weighted by molar-refractivity contribution is 7.85. The van der Waals surface area contributed by atoms with Crippen LogP contribution in [0.1, 0.15) is 5.56 Å². The summed E-state index contributed by atoms with van der Waals surface area (Å²) in [5.74, 6) is 0.787. The lowest BCUT2D eigenvalue weighted by Gasteiger charge is -2.24. The summed E-state index contributed by atoms with van der Waals surface area (Å²) in [4.78, 5) is 5.58. The van der Waals surface area contributed by atoms with Crippen molar-refractivity contribution in [2.24, 2.45) is 0 Å². The minimum Gasteiger partial charge on any atom is -0.319 e. The number of aromatic nitrogens is 2. The smallest absolute Gasteiger partial charge is 0.171 e. The minimum atomic E-state index is -3.39. The Balaban J connectivity index is 1.53. The number of benzene rings is 7. The molecule has 7 aromatic carbocycles. The lowest BCUT2D eigenvalue weighted by molar-refractivity contribution is 0.592. The molecule has 1 aromatic heterocycles. The van der Waals surface area contributed by atoms with Gasteiger partial charge in [-0.3, -0.25) is 0 Å². The van der Waals surface area contributed by atoms with Crippen molar-refractivity contribution in [1.82, 2.24) is 9.55 Å². The summed E-state index contributed by atoms with van der Waals surface area (Å²) in [5, 5.41) is 4.44. The van der Waals surface area contributed by atoms with Gasteiger partial charge in [-0.1, -0.05) is 182 Å². The first-order valence-corrected chi connectivity index (χ1v) is 17.9. The molecule has 0 saturated heterocycles. The molecule has 8 rings (SSSR count). The van der Waals surface area contributed by atoms with E-state index in [9.17, 15) is 0 Å². The van der Waals surface area contributed by atoms with Gasteiger partial charge in [0, 0.05) is 39.1 Å². The molecule has 0 bridgehead atoms. The third kappa shape index (κ3) is 5.29. The van der Waals surface area contributed by atoms with Crippen LogP contribution in [-0.4, -0.2) is 9.55 Å². The number of nitrogens with zero attached hydrogens (tertiary/aromatic N) is 2. The summed E-state index contributed by atoms with van der Waals surface area (Å²) < 4.78 is 18.5. The zero-order valence-electron chi connectivity index (χ0n) is 26.4. The Bertz CT molecular complexity index is 2330. The molecule has 0 amide bonds. The van der Waals surface area contributed by atoms with E-state index >= 15 is 4.57 Å². The van der Waals surface area contributed by atoms with Crippen LogP contribution >= 0.6 is 7.14 Å². The van der Waals surface area contributed by atoms with E-state index in [1.54, 1.807) is 0 Å². The fourth-order valence-electron chi connectivity index (χ4n) is 6.71. The standard InChI is InChI=1S/C44H33N2OP/c47-48(37-25-12-4-13-26-37,38-27-14-5-15-28-38)40-31-30-34-20-16-17-29-39(34)41(40)44-45-42(35-21-8-2-9-22-35)43(36-23-10-3-11-24-36)46(44)32-33-18-6-1-7-19-33/h1-31H,32H2. The zero-order valence-corrected chi connectivity index (χ0v) is 27.2. The number of fused-ring (bicyclic) bond motifs is 1. The van der Waals surface area contributed by atoms with Crippen LogP contribution in [0.15, 0.2) is 188 Å². The second-order valence-electron chi connectivity index (χ2n) is 11.9. The molecule has 0 spiro atoms. The van der Waals surface area contributed by atoms with E-state index in [0.717, 1.165) is 66.2 Å². The molecule has 0 saturated carbocycles. The van der Waals surface area contributed by atoms with Crippen LogP contribution in [0.25, 0.3) is 44.7 Å². The first-order chi connectivity index (χ1) is 23.7. The van der Waals surface area contributed by atoms with Crippen molar-refractivity contribution in [3.05, 3.63) is 194 Å². The molecule has 1 heterocycles. The average molecular weight is 637 g/mol. The second kappa shape index (κ2) is 12.8. The molecule has 48 heavy (non-hydrogen) atoms. The SMILES string of the molecule is O=P(c1ccccc1)(c1ccccc1)c1ccc2ccccc2c1-c1nc(-c2ccccc2)c(-c2ccccc2)n1Cc1ccccc1. The van der Waals surface area contributed by atoms with Gasteiger partial charge in [-0.2, -0.15) is 0 Å². The Hall–Kier alpha value is -5.76. The van der Waals surface area contributed by atoms with Gasteiger partial charge in [-0.25, -0.2) is 4.98 Å². The Labute approximate surface area is 281 Å². The quantitative estimate of drug-likeness (QED) is 0.156. The highest BCUT2D eigenvalue weighted by atomic mass is 31.2. The molecule has 0 aliphatic carbocycles. The van der Waals surface area contributed by atoms with Crippen molar-refractivity contribution < 1.29 is 4.57 Å². The third-order valence-corrected chi connectivity index (χ3v) is 12.1. The van der Waals surface area contributed by atoms with Gasteiger partial charge < -0.3 is 9.13 Å². The van der Waals surface area contributed by atoms with Gasteiger partial charge in [0.25, 0.3) is 0 Å². The molecule has 0 atom stereocenters. The van der Waals surface area contributed by atoms with Gasteiger partial charge in [-0.15, -0.1) is 0 Å². The van der Waals surface area contributed by atoms with Crippen molar-refractivity contribution in [1.29, 1.82) is 0 Å². The lowest BCUT2D eigenvalue weighted by Crippen LogP contribution is -2.27. The van der Waals surface area contributed by atoms with E-state index in [1.807, 2.05) is 78.9 Å². The van der Waals surface area contributed by atoms with E-state index in [4.69, 9.17) is 4.98 Å². The van der Waals surface area contributed by atoms with E-state index in [1.165, 1.54) is 0 Å². The van der Waals surface area contributed by atoms with E-state index in [0.29, 0.717) is 6.54 Å². The maximum Gasteiger partial charge on any atom is 0.171 e. The topological polar surface area (TPSA) is 34.9 Å². The van der Waals surface area contributed by atoms with Crippen molar-refractivity contribution in [2.45, 2.75) is 6.54 Å². The molecule has 230 valence electrons. The van der Waals surface area contributed by atoms with Crippen molar-refractivity contribution in [2.75, 3.05) is 0 Å². The zero-order chi connectivity index (χ0) is 32.3. The van der Waals surface area contributed by atoms with Crippen LogP contribution < -0.4 is 15.9 Å². The second-order valence-corrected chi connectivity index (χ2v) is 14.6. The van der Waals surface area contributed by atoms with Crippen LogP contribution in [0.5, 0.6) is 0 Å². The molecular weight excluding hydrogens is 603 g/mol. The van der Waals surface area contributed by atoms with Gasteiger partial charge in [0.15, 0.2) is 7.14 Å². The Morgan fingerprint density at radius 3 is 1.60 bits per heavy atom. The van der Waals surface area contributed by atoms with Crippen molar-refractivity contribution in [3.63, 3.8) is 0 Å². The molecule has 0 radical (unpaired) electrons. The summed E-state index contributed by atoms with van der Waals surface area (Å²) >= 11 is 0. The van der Waals surface area contributed by atoms with Gasteiger partial charge in [0.1, 0.15) is 5.82 Å². The highest BCUT2D eigenvalue weighted by Gasteiger charge is 2.35. The highest BCUT2D eigenvalue weighted by Crippen LogP contribution is 2.48. The fourth-order valence-corrected chi connectivity index (χ4v) is 9.57. The van der Waals surface area contributed by atoms with Crippen molar-refractivity contribution in [3.8, 4) is 33.9 Å². The average Bonchev–Trinajstić information content (AvgIpc) is 3.54. The maximum absolute atomic E-state index is 16.1. The number of hydrogen-bond donors (Lipinski definition) is 0. The summed E-state index contributed by atoms with van der Waals surface area (Å²) in [6, 6.07) is 63.8. The number of imidazole rings is 1. The van der Waals surface area contributed by atoms with E-state index < -0.39 is 7.14 Å². The lowest BCUT2D eigenvalue weighted by atomic mass is 10.0. The van der Waals surface area contributed by atoms with Gasteiger partial charge in [0.05, 0.1) is 11.4 Å². The summed E-state index contributed by atoms with van der Waals surface area (Å²) in [6.45, 7) is 0.587. The number of rotatable bonds is 8. The van der Waals surface area contributed by atoms with E-state index in [2.05, 4.69) is 114 Å². The Morgan fingerprint density at radius 1 is 0.500 bits per heavy atom. The molecule has 0 unspecified atom stereocenters. The minimum absolute atomic E-state index is 0.587. The summed E-state index contributed by atoms with van der Waals surface area (Å²) in [5.41, 5.74) is 6.06. The molecule has 0 aliphatic heterocycles. The Kier molecular flexibility index (Phi) is 7.90. The summed E-state index contributed by atoms with van der Waals surface area (Å²) in [6.07, 6.45) is 0. The van der Waals surface area contributed by atoms with E-state index in [-0.39, 0.29) is 0 Å². The predicted octanol–water partition coefficient (Wildman–Crippen LogP) is 9.72. The van der Waals surface area contributed by atoms with Gasteiger partial charge in [-0.05, 0) is 22.4 Å². The summed E-state index contributed by atoms with van der Waals surface area (Å²) in [7, 11) is -3.39. The van der Waals surface area contributed by atoms with Crippen molar-refractivity contribution >= 4 is 33.8 Å².